The van der Waals surface area contributed by atoms with Crippen LogP contribution in [0.2, 0.25) is 5.02 Å². The molecule has 1 aliphatic heterocycles. The Morgan fingerprint density at radius 1 is 1.33 bits per heavy atom. The van der Waals surface area contributed by atoms with Gasteiger partial charge in [-0.1, -0.05) is 28.9 Å². The van der Waals surface area contributed by atoms with E-state index < -0.39 is 0 Å². The highest BCUT2D eigenvalue weighted by Gasteiger charge is 2.27. The number of carbonyl (C=O) groups is 1. The van der Waals surface area contributed by atoms with Crippen molar-refractivity contribution < 1.29 is 9.32 Å². The van der Waals surface area contributed by atoms with Gasteiger partial charge >= 0.3 is 0 Å². The Morgan fingerprint density at radius 3 is 2.97 bits per heavy atom. The number of hydrogen-bond acceptors (Lipinski definition) is 5. The Morgan fingerprint density at radius 2 is 2.17 bits per heavy atom. The second-order valence-corrected chi connectivity index (χ2v) is 9.17. The third-order valence-electron chi connectivity index (χ3n) is 5.26. The van der Waals surface area contributed by atoms with E-state index in [4.69, 9.17) is 16.1 Å². The first-order valence-electron chi connectivity index (χ1n) is 9.86. The van der Waals surface area contributed by atoms with Crippen LogP contribution in [-0.4, -0.2) is 34.0 Å². The van der Waals surface area contributed by atoms with Crippen LogP contribution >= 0.6 is 34.2 Å². The summed E-state index contributed by atoms with van der Waals surface area (Å²) in [4.78, 5) is 19.5. The lowest BCUT2D eigenvalue weighted by Gasteiger charge is -2.31. The standard InChI is InChI=1S/C22H22ClIN4O2/c1-14-11-16(24)8-9-19(14)25-22(29)15-5-4-10-28(12-15)13-20-26-21(27-30-20)17-6-2-3-7-18(17)23/h2-3,6-9,11,15H,4-5,10,12-13H2,1H3,(H,25,29). The number of anilines is 1. The summed E-state index contributed by atoms with van der Waals surface area (Å²) in [7, 11) is 0. The van der Waals surface area contributed by atoms with Crippen LogP contribution in [0.3, 0.4) is 0 Å². The van der Waals surface area contributed by atoms with Gasteiger partial charge in [0, 0.05) is 21.4 Å². The fraction of sp³-hybridized carbons (Fsp3) is 0.318. The first-order valence-corrected chi connectivity index (χ1v) is 11.3. The number of halogens is 2. The minimum atomic E-state index is -0.0663. The lowest BCUT2D eigenvalue weighted by molar-refractivity contribution is -0.121. The first kappa shape index (κ1) is 21.3. The van der Waals surface area contributed by atoms with Gasteiger partial charge in [0.2, 0.25) is 17.6 Å². The van der Waals surface area contributed by atoms with Gasteiger partial charge in [0.1, 0.15) is 0 Å². The topological polar surface area (TPSA) is 71.3 Å². The van der Waals surface area contributed by atoms with Gasteiger partial charge in [0.05, 0.1) is 17.5 Å². The summed E-state index contributed by atoms with van der Waals surface area (Å²) < 4.78 is 6.59. The van der Waals surface area contributed by atoms with Gasteiger partial charge in [0.15, 0.2) is 0 Å². The molecular formula is C22H22ClIN4O2. The van der Waals surface area contributed by atoms with Gasteiger partial charge in [-0.15, -0.1) is 0 Å². The highest BCUT2D eigenvalue weighted by atomic mass is 127. The van der Waals surface area contributed by atoms with E-state index in [1.54, 1.807) is 6.07 Å². The van der Waals surface area contributed by atoms with E-state index in [1.165, 1.54) is 0 Å². The van der Waals surface area contributed by atoms with E-state index in [-0.39, 0.29) is 11.8 Å². The van der Waals surface area contributed by atoms with Crippen molar-refractivity contribution in [1.82, 2.24) is 15.0 Å². The third-order valence-corrected chi connectivity index (χ3v) is 6.26. The summed E-state index contributed by atoms with van der Waals surface area (Å²) >= 11 is 8.50. The molecular weight excluding hydrogens is 515 g/mol. The molecule has 1 saturated heterocycles. The fourth-order valence-electron chi connectivity index (χ4n) is 3.68. The van der Waals surface area contributed by atoms with Gasteiger partial charge in [-0.2, -0.15) is 4.98 Å². The van der Waals surface area contributed by atoms with E-state index in [0.29, 0.717) is 29.8 Å². The minimum absolute atomic E-state index is 0.0614. The van der Waals surface area contributed by atoms with Crippen molar-refractivity contribution in [2.24, 2.45) is 5.92 Å². The number of rotatable bonds is 5. The zero-order valence-electron chi connectivity index (χ0n) is 16.6. The van der Waals surface area contributed by atoms with Crippen molar-refractivity contribution in [2.75, 3.05) is 18.4 Å². The number of piperidine rings is 1. The summed E-state index contributed by atoms with van der Waals surface area (Å²) in [5, 5.41) is 7.74. The average Bonchev–Trinajstić information content (AvgIpc) is 3.19. The average molecular weight is 537 g/mol. The van der Waals surface area contributed by atoms with Crippen LogP contribution in [0.15, 0.2) is 47.0 Å². The number of aromatic nitrogens is 2. The lowest BCUT2D eigenvalue weighted by atomic mass is 9.97. The molecule has 1 amide bonds. The Labute approximate surface area is 194 Å². The highest BCUT2D eigenvalue weighted by molar-refractivity contribution is 14.1. The quantitative estimate of drug-likeness (QED) is 0.457. The maximum absolute atomic E-state index is 12.8. The van der Waals surface area contributed by atoms with Crippen LogP contribution in [-0.2, 0) is 11.3 Å². The van der Waals surface area contributed by atoms with Crippen LogP contribution in [0.1, 0.15) is 24.3 Å². The van der Waals surface area contributed by atoms with Crippen molar-refractivity contribution in [2.45, 2.75) is 26.3 Å². The van der Waals surface area contributed by atoms with Gasteiger partial charge < -0.3 is 9.84 Å². The molecule has 1 atom stereocenters. The second-order valence-electron chi connectivity index (χ2n) is 7.51. The number of amides is 1. The Bertz CT molecular complexity index is 1060. The molecule has 1 unspecified atom stereocenters. The molecule has 0 spiro atoms. The molecule has 8 heteroatoms. The molecule has 156 valence electrons. The fourth-order valence-corrected chi connectivity index (χ4v) is 4.54. The van der Waals surface area contributed by atoms with Gasteiger partial charge in [-0.25, -0.2) is 0 Å². The number of carbonyl (C=O) groups excluding carboxylic acids is 1. The van der Waals surface area contributed by atoms with E-state index in [9.17, 15) is 4.79 Å². The monoisotopic (exact) mass is 536 g/mol. The van der Waals surface area contributed by atoms with Gasteiger partial charge in [0.25, 0.3) is 0 Å². The summed E-state index contributed by atoms with van der Waals surface area (Å²) in [5.74, 6) is 1.00. The van der Waals surface area contributed by atoms with E-state index in [2.05, 4.69) is 49.0 Å². The first-order chi connectivity index (χ1) is 14.5. The smallest absolute Gasteiger partial charge is 0.241 e. The predicted octanol–water partition coefficient (Wildman–Crippen LogP) is 5.15. The molecule has 0 aliphatic carbocycles. The normalized spacial score (nSPS) is 17.1. The number of likely N-dealkylation sites (tertiary alicyclic amines) is 1. The molecule has 0 radical (unpaired) electrons. The maximum atomic E-state index is 12.8. The molecule has 2 heterocycles. The number of nitrogens with one attached hydrogen (secondary N) is 1. The van der Waals surface area contributed by atoms with E-state index in [0.717, 1.165) is 39.8 Å². The molecule has 0 saturated carbocycles. The zero-order chi connectivity index (χ0) is 21.1. The van der Waals surface area contributed by atoms with Gasteiger partial charge in [-0.05, 0) is 84.8 Å². The van der Waals surface area contributed by atoms with Gasteiger partial charge in [-0.3, -0.25) is 9.69 Å². The Balaban J connectivity index is 1.38. The molecule has 1 N–H and O–H groups in total. The Kier molecular flexibility index (Phi) is 6.70. The van der Waals surface area contributed by atoms with Crippen molar-refractivity contribution in [3.63, 3.8) is 0 Å². The molecule has 4 rings (SSSR count). The summed E-state index contributed by atoms with van der Waals surface area (Å²) in [6, 6.07) is 13.5. The number of nitrogens with zero attached hydrogens (tertiary/aromatic N) is 3. The third kappa shape index (κ3) is 5.01. The molecule has 0 bridgehead atoms. The van der Waals surface area contributed by atoms with Crippen LogP contribution < -0.4 is 5.32 Å². The lowest BCUT2D eigenvalue weighted by Crippen LogP contribution is -2.40. The molecule has 1 aliphatic rings. The molecule has 30 heavy (non-hydrogen) atoms. The SMILES string of the molecule is Cc1cc(I)ccc1NC(=O)C1CCCN(Cc2nc(-c3ccccc3Cl)no2)C1. The van der Waals surface area contributed by atoms with E-state index in [1.807, 2.05) is 37.3 Å². The van der Waals surface area contributed by atoms with Crippen LogP contribution in [0, 0.1) is 16.4 Å². The molecule has 2 aromatic carbocycles. The van der Waals surface area contributed by atoms with Crippen molar-refractivity contribution in [1.29, 1.82) is 0 Å². The largest absolute Gasteiger partial charge is 0.338 e. The molecule has 1 fully saturated rings. The zero-order valence-corrected chi connectivity index (χ0v) is 19.5. The van der Waals surface area contributed by atoms with E-state index >= 15 is 0 Å². The molecule has 3 aromatic rings. The summed E-state index contributed by atoms with van der Waals surface area (Å²) in [6.45, 7) is 4.09. The maximum Gasteiger partial charge on any atom is 0.241 e. The van der Waals surface area contributed by atoms with Crippen molar-refractivity contribution >= 4 is 45.8 Å². The van der Waals surface area contributed by atoms with Crippen molar-refractivity contribution in [3.8, 4) is 11.4 Å². The Hall–Kier alpha value is -1.97. The molecule has 6 nitrogen and oxygen atoms in total. The van der Waals surface area contributed by atoms with Crippen LogP contribution in [0.5, 0.6) is 0 Å². The van der Waals surface area contributed by atoms with Crippen molar-refractivity contribution in [3.05, 3.63) is 62.5 Å². The van der Waals surface area contributed by atoms with Crippen LogP contribution in [0.25, 0.3) is 11.4 Å². The van der Waals surface area contributed by atoms with Crippen LogP contribution in [0.4, 0.5) is 5.69 Å². The number of benzene rings is 2. The highest BCUT2D eigenvalue weighted by Crippen LogP contribution is 2.26. The minimum Gasteiger partial charge on any atom is -0.338 e. The second kappa shape index (κ2) is 9.45. The summed E-state index contributed by atoms with van der Waals surface area (Å²) in [5.41, 5.74) is 2.69. The predicted molar refractivity (Wildman–Crippen MR) is 125 cm³/mol. The summed E-state index contributed by atoms with van der Waals surface area (Å²) in [6.07, 6.45) is 1.83. The molecule has 1 aromatic heterocycles. The number of aryl methyl sites for hydroxylation is 1. The number of hydrogen-bond donors (Lipinski definition) is 1.